The molecule has 0 spiro atoms. The predicted molar refractivity (Wildman–Crippen MR) is 149 cm³/mol. The monoisotopic (exact) mass is 1060 g/mol. The fourth-order valence-corrected chi connectivity index (χ4v) is 12.5. The van der Waals surface area contributed by atoms with Gasteiger partial charge in [0.05, 0.1) is 0 Å². The Hall–Kier alpha value is -3.71. The second-order valence-electron chi connectivity index (χ2n) is 9.65. The van der Waals surface area contributed by atoms with Crippen molar-refractivity contribution in [3.63, 3.8) is 0 Å². The molecule has 0 unspecified atom stereocenters. The quantitative estimate of drug-likeness (QED) is 0.181. The van der Waals surface area contributed by atoms with Crippen LogP contribution in [0.3, 0.4) is 0 Å². The Morgan fingerprint density at radius 3 is 1.17 bits per heavy atom. The number of alkyl halides is 6. The standard InChI is InChI=1S/2C14H13O2.2CF3.2CO2.2Hg/c2*1-16-14-9-5-3-7-12(14)10-11-6-2-4-8-13(11)15;2*2-1(3)4;2*2-1-3;;/h2*3-9,15H,10H2,1H3;;;;;;. The van der Waals surface area contributed by atoms with E-state index in [0.29, 0.717) is 41.6 Å². The molecule has 0 saturated heterocycles. The van der Waals surface area contributed by atoms with Crippen molar-refractivity contribution >= 4 is 18.4 Å². The third kappa shape index (κ3) is 16.4. The molecule has 0 bridgehead atoms. The van der Waals surface area contributed by atoms with Crippen LogP contribution in [0.4, 0.5) is 26.3 Å². The summed E-state index contributed by atoms with van der Waals surface area (Å²) in [5.41, 5.74) is 2.66. The number of phenols is 2. The Labute approximate surface area is 295 Å². The van der Waals surface area contributed by atoms with Gasteiger partial charge in [0.2, 0.25) is 0 Å². The van der Waals surface area contributed by atoms with Crippen molar-refractivity contribution in [3.8, 4) is 23.0 Å². The summed E-state index contributed by atoms with van der Waals surface area (Å²) in [5, 5.41) is 19.7. The number of hydrogen-bond donors (Lipinski definition) is 2. The molecule has 48 heavy (non-hydrogen) atoms. The first-order valence-electron chi connectivity index (χ1n) is 13.6. The minimum atomic E-state index is -4.04. The van der Waals surface area contributed by atoms with Crippen LogP contribution in [-0.2, 0) is 81.2 Å². The first kappa shape index (κ1) is 42.3. The number of halogens is 6. The fraction of sp³-hybridized carbons (Fsp3) is 0.188. The summed E-state index contributed by atoms with van der Waals surface area (Å²) < 4.78 is 78.3. The van der Waals surface area contributed by atoms with Crippen LogP contribution in [-0.4, -0.2) is 44.1 Å². The molecule has 4 aromatic rings. The van der Waals surface area contributed by atoms with Gasteiger partial charge in [-0.25, -0.2) is 0 Å². The van der Waals surface area contributed by atoms with Crippen molar-refractivity contribution in [3.05, 3.63) is 107 Å². The average molecular weight is 1050 g/mol. The molecule has 248 valence electrons. The van der Waals surface area contributed by atoms with Crippen LogP contribution in [0, 0.1) is 0 Å². The first-order chi connectivity index (χ1) is 22.6. The molecule has 0 atom stereocenters. The van der Waals surface area contributed by atoms with Crippen molar-refractivity contribution in [1.29, 1.82) is 0 Å². The summed E-state index contributed by atoms with van der Waals surface area (Å²) in [5.74, 6) is 1.34. The van der Waals surface area contributed by atoms with Crippen LogP contribution in [0.5, 0.6) is 23.0 Å². The van der Waals surface area contributed by atoms with Crippen LogP contribution >= 0.6 is 0 Å². The van der Waals surface area contributed by atoms with E-state index in [1.807, 2.05) is 36.4 Å². The zero-order chi connectivity index (χ0) is 36.3. The number of phenolic OH excluding ortho intramolecular Hbond substituents is 2. The molecular weight excluding hydrogens is 1030 g/mol. The summed E-state index contributed by atoms with van der Waals surface area (Å²) in [6.45, 7) is 0. The molecule has 0 heterocycles. The second kappa shape index (κ2) is 21.3. The second-order valence-corrected chi connectivity index (χ2v) is 25.0. The van der Waals surface area contributed by atoms with E-state index in [9.17, 15) is 36.6 Å². The first-order valence-corrected chi connectivity index (χ1v) is 24.6. The van der Waals surface area contributed by atoms with Gasteiger partial charge >= 0.3 is 278 Å². The Bertz CT molecular complexity index is 1540. The van der Waals surface area contributed by atoms with Gasteiger partial charge in [-0.3, -0.25) is 0 Å². The van der Waals surface area contributed by atoms with Crippen LogP contribution in [0.1, 0.15) is 22.3 Å². The van der Waals surface area contributed by atoms with Crippen LogP contribution < -0.4 is 15.6 Å². The number of aromatic hydroxyl groups is 2. The Kier molecular flexibility index (Phi) is 18.8. The number of rotatable bonds is 8. The Morgan fingerprint density at radius 1 is 0.562 bits per heavy atom. The summed E-state index contributed by atoms with van der Waals surface area (Å²) >= 11 is -6.33. The molecule has 0 saturated carbocycles. The molecule has 8 nitrogen and oxygen atoms in total. The maximum Gasteiger partial charge on any atom is 0.373 e. The van der Waals surface area contributed by atoms with E-state index in [4.69, 9.17) is 28.7 Å². The summed E-state index contributed by atoms with van der Waals surface area (Å²) in [4.78, 5) is 32.5. The van der Waals surface area contributed by atoms with Gasteiger partial charge in [-0.2, -0.15) is 19.2 Å². The number of methoxy groups -OCH3 is 2. The number of carbonyl (C=O) groups excluding carboxylic acids is 4. The van der Waals surface area contributed by atoms with E-state index in [0.717, 1.165) is 11.1 Å². The van der Waals surface area contributed by atoms with Gasteiger partial charge < -0.3 is 0 Å². The molecular formula is C32H26F6Hg2O8. The number of para-hydroxylation sites is 2. The van der Waals surface area contributed by atoms with Gasteiger partial charge in [0.1, 0.15) is 0 Å². The normalized spacial score (nSPS) is 10.0. The minimum absolute atomic E-state index is 0.0141. The zero-order valence-corrected chi connectivity index (χ0v) is 36.5. The Balaban J connectivity index is 0.000000412. The zero-order valence-electron chi connectivity index (χ0n) is 25.5. The van der Waals surface area contributed by atoms with Gasteiger partial charge in [-0.15, -0.1) is 0 Å². The molecule has 4 aromatic carbocycles. The van der Waals surface area contributed by atoms with Gasteiger partial charge in [0.15, 0.2) is 0 Å². The van der Waals surface area contributed by atoms with Crippen LogP contribution in [0.2, 0.25) is 0 Å². The molecule has 16 heteroatoms. The molecule has 0 aliphatic carbocycles. The van der Waals surface area contributed by atoms with Gasteiger partial charge in [-0.05, 0) is 0 Å². The summed E-state index contributed by atoms with van der Waals surface area (Å²) in [7, 11) is 3.08. The van der Waals surface area contributed by atoms with Crippen molar-refractivity contribution in [2.75, 3.05) is 14.2 Å². The topological polar surface area (TPSA) is 127 Å². The van der Waals surface area contributed by atoms with E-state index >= 15 is 0 Å². The number of benzene rings is 4. The smallest absolute Gasteiger partial charge is 0.186 e. The third-order valence-corrected chi connectivity index (χ3v) is 16.0. The molecule has 0 amide bonds. The fourth-order valence-electron chi connectivity index (χ4n) is 4.35. The molecule has 0 aliphatic heterocycles. The third-order valence-electron chi connectivity index (χ3n) is 6.24. The van der Waals surface area contributed by atoms with Gasteiger partial charge in [0, 0.05) is 0 Å². The minimum Gasteiger partial charge on any atom is -0.186 e. The van der Waals surface area contributed by atoms with Crippen molar-refractivity contribution < 1.29 is 114 Å². The Morgan fingerprint density at radius 2 is 0.875 bits per heavy atom. The molecule has 2 N–H and O–H groups in total. The number of hydrogen-bond acceptors (Lipinski definition) is 8. The molecule has 0 radical (unpaired) electrons. The van der Waals surface area contributed by atoms with Gasteiger partial charge in [0.25, 0.3) is 0 Å². The SMILES string of the molecule is COc1ccccc1Cc1c[c]([Hg][C](F)(F)F)ccc1O.COc1ccccc1Cc1c[c]([Hg][C](F)(F)F)ccc1O.O=C=O.O=C=O. The molecule has 4 rings (SSSR count). The van der Waals surface area contributed by atoms with Crippen LogP contribution in [0.25, 0.3) is 0 Å². The molecule has 0 aliphatic rings. The van der Waals surface area contributed by atoms with Crippen molar-refractivity contribution in [2.45, 2.75) is 20.2 Å². The van der Waals surface area contributed by atoms with Gasteiger partial charge in [-0.1, -0.05) is 0 Å². The van der Waals surface area contributed by atoms with Crippen molar-refractivity contribution in [1.82, 2.24) is 0 Å². The number of ether oxygens (including phenoxy) is 2. The van der Waals surface area contributed by atoms with Crippen molar-refractivity contribution in [2.24, 2.45) is 0 Å². The summed E-state index contributed by atoms with van der Waals surface area (Å²) in [6, 6.07) is 23.0. The maximum absolute atomic E-state index is 12.5. The van der Waals surface area contributed by atoms with E-state index in [2.05, 4.69) is 0 Å². The van der Waals surface area contributed by atoms with E-state index < -0.39 is 56.5 Å². The average Bonchev–Trinajstić information content (AvgIpc) is 3.01. The summed E-state index contributed by atoms with van der Waals surface area (Å²) in [6.07, 6.45) is 1.19. The molecule has 0 fully saturated rings. The maximum atomic E-state index is 12.5. The van der Waals surface area contributed by atoms with E-state index in [1.165, 1.54) is 50.6 Å². The van der Waals surface area contributed by atoms with E-state index in [-0.39, 0.29) is 23.8 Å². The molecule has 0 aromatic heterocycles. The predicted octanol–water partition coefficient (Wildman–Crippen LogP) is 5.27. The van der Waals surface area contributed by atoms with E-state index in [1.54, 1.807) is 12.1 Å². The largest absolute Gasteiger partial charge is 0.373 e. The van der Waals surface area contributed by atoms with Crippen LogP contribution in [0.15, 0.2) is 84.9 Å².